The number of rotatable bonds is 2. The van der Waals surface area contributed by atoms with E-state index < -0.39 is 5.97 Å². The second kappa shape index (κ2) is 4.55. The van der Waals surface area contributed by atoms with Crippen LogP contribution >= 0.6 is 27.5 Å². The number of aryl methyl sites for hydroxylation is 1. The topological polar surface area (TPSA) is 42.2 Å². The first kappa shape index (κ1) is 12.2. The summed E-state index contributed by atoms with van der Waals surface area (Å²) >= 11 is 9.22. The van der Waals surface area contributed by atoms with Gasteiger partial charge in [0.2, 0.25) is 0 Å². The van der Waals surface area contributed by atoms with Crippen molar-refractivity contribution >= 4 is 33.5 Å². The normalized spacial score (nSPS) is 10.5. The number of carboxylic acid groups (broad SMARTS) is 1. The van der Waals surface area contributed by atoms with Crippen LogP contribution in [0.4, 0.5) is 0 Å². The Kier molecular flexibility index (Phi) is 3.26. The SMILES string of the molecule is Cc1cc(Br)ccc1-n1cc(Cl)cc1C(=O)O. The predicted molar refractivity (Wildman–Crippen MR) is 70.2 cm³/mol. The number of carbonyl (C=O) groups is 1. The fraction of sp³-hybridized carbons (Fsp3) is 0.0833. The van der Waals surface area contributed by atoms with E-state index in [1.165, 1.54) is 6.07 Å². The van der Waals surface area contributed by atoms with Crippen LogP contribution in [0.15, 0.2) is 34.9 Å². The first-order valence-corrected chi connectivity index (χ1v) is 6.04. The number of aromatic carboxylic acids is 1. The molecule has 0 radical (unpaired) electrons. The standard InChI is InChI=1S/C12H9BrClNO2/c1-7-4-8(13)2-3-10(7)15-6-9(14)5-11(15)12(16)17/h2-6H,1H3,(H,16,17). The minimum absolute atomic E-state index is 0.153. The summed E-state index contributed by atoms with van der Waals surface area (Å²) in [6.07, 6.45) is 1.60. The van der Waals surface area contributed by atoms with Crippen LogP contribution in [0.3, 0.4) is 0 Å². The van der Waals surface area contributed by atoms with Crippen LogP contribution in [0.5, 0.6) is 0 Å². The number of aromatic nitrogens is 1. The fourth-order valence-corrected chi connectivity index (χ4v) is 2.36. The van der Waals surface area contributed by atoms with Gasteiger partial charge in [0.05, 0.1) is 5.02 Å². The van der Waals surface area contributed by atoms with E-state index in [0.29, 0.717) is 5.02 Å². The van der Waals surface area contributed by atoms with E-state index in [9.17, 15) is 4.79 Å². The molecule has 3 nitrogen and oxygen atoms in total. The molecule has 1 N–H and O–H groups in total. The van der Waals surface area contributed by atoms with Crippen molar-refractivity contribution in [3.8, 4) is 5.69 Å². The van der Waals surface area contributed by atoms with Gasteiger partial charge in [-0.05, 0) is 36.8 Å². The number of halogens is 2. The molecule has 0 atom stereocenters. The van der Waals surface area contributed by atoms with Crippen molar-refractivity contribution in [3.05, 3.63) is 51.2 Å². The van der Waals surface area contributed by atoms with Crippen molar-refractivity contribution in [1.82, 2.24) is 4.57 Å². The van der Waals surface area contributed by atoms with E-state index in [1.807, 2.05) is 25.1 Å². The molecule has 1 aromatic heterocycles. The van der Waals surface area contributed by atoms with E-state index in [4.69, 9.17) is 16.7 Å². The lowest BCUT2D eigenvalue weighted by Crippen LogP contribution is -2.06. The summed E-state index contributed by atoms with van der Waals surface area (Å²) in [5.41, 5.74) is 1.92. The Morgan fingerprint density at radius 2 is 2.12 bits per heavy atom. The van der Waals surface area contributed by atoms with Gasteiger partial charge < -0.3 is 9.67 Å². The van der Waals surface area contributed by atoms with Crippen LogP contribution in [0, 0.1) is 6.92 Å². The molecule has 17 heavy (non-hydrogen) atoms. The van der Waals surface area contributed by atoms with Gasteiger partial charge in [0, 0.05) is 16.4 Å². The highest BCUT2D eigenvalue weighted by molar-refractivity contribution is 9.10. The molecule has 0 saturated heterocycles. The average molecular weight is 315 g/mol. The van der Waals surface area contributed by atoms with Gasteiger partial charge in [-0.15, -0.1) is 0 Å². The first-order valence-electron chi connectivity index (χ1n) is 4.87. The van der Waals surface area contributed by atoms with Crippen molar-refractivity contribution < 1.29 is 9.90 Å². The summed E-state index contributed by atoms with van der Waals surface area (Å²) in [4.78, 5) is 11.1. The first-order chi connectivity index (χ1) is 7.99. The number of nitrogens with zero attached hydrogens (tertiary/aromatic N) is 1. The highest BCUT2D eigenvalue weighted by Gasteiger charge is 2.14. The van der Waals surface area contributed by atoms with Crippen molar-refractivity contribution in [2.24, 2.45) is 0 Å². The quantitative estimate of drug-likeness (QED) is 0.913. The monoisotopic (exact) mass is 313 g/mol. The molecule has 0 aliphatic carbocycles. The molecule has 88 valence electrons. The van der Waals surface area contributed by atoms with Crippen molar-refractivity contribution in [3.63, 3.8) is 0 Å². The van der Waals surface area contributed by atoms with E-state index in [0.717, 1.165) is 15.7 Å². The lowest BCUT2D eigenvalue weighted by atomic mass is 10.2. The van der Waals surface area contributed by atoms with E-state index in [1.54, 1.807) is 10.8 Å². The van der Waals surface area contributed by atoms with Crippen molar-refractivity contribution in [2.75, 3.05) is 0 Å². The van der Waals surface area contributed by atoms with Crippen LogP contribution in [0.25, 0.3) is 5.69 Å². The molecule has 0 amide bonds. The van der Waals surface area contributed by atoms with Crippen LogP contribution in [-0.4, -0.2) is 15.6 Å². The van der Waals surface area contributed by atoms with Gasteiger partial charge in [0.1, 0.15) is 5.69 Å². The summed E-state index contributed by atoms with van der Waals surface area (Å²) in [5.74, 6) is -1.00. The third kappa shape index (κ3) is 2.37. The van der Waals surface area contributed by atoms with Gasteiger partial charge in [0.25, 0.3) is 0 Å². The number of carboxylic acids is 1. The Morgan fingerprint density at radius 1 is 1.41 bits per heavy atom. The fourth-order valence-electron chi connectivity index (χ4n) is 1.68. The van der Waals surface area contributed by atoms with Crippen LogP contribution in [0.1, 0.15) is 16.1 Å². The molecule has 0 unspecified atom stereocenters. The zero-order valence-electron chi connectivity index (χ0n) is 8.95. The van der Waals surface area contributed by atoms with Crippen molar-refractivity contribution in [2.45, 2.75) is 6.92 Å². The number of hydrogen-bond donors (Lipinski definition) is 1. The lowest BCUT2D eigenvalue weighted by Gasteiger charge is -2.09. The van der Waals surface area contributed by atoms with Gasteiger partial charge >= 0.3 is 5.97 Å². The second-order valence-electron chi connectivity index (χ2n) is 3.65. The smallest absolute Gasteiger partial charge is 0.352 e. The summed E-state index contributed by atoms with van der Waals surface area (Å²) in [5, 5.41) is 9.50. The molecule has 0 aliphatic rings. The maximum absolute atomic E-state index is 11.1. The summed E-state index contributed by atoms with van der Waals surface area (Å²) in [6.45, 7) is 1.92. The highest BCUT2D eigenvalue weighted by Crippen LogP contribution is 2.24. The molecule has 0 saturated carbocycles. The summed E-state index contributed by atoms with van der Waals surface area (Å²) < 4.78 is 2.53. The molecule has 2 rings (SSSR count). The van der Waals surface area contributed by atoms with E-state index in [2.05, 4.69) is 15.9 Å². The van der Waals surface area contributed by atoms with Gasteiger partial charge in [0.15, 0.2) is 0 Å². The zero-order chi connectivity index (χ0) is 12.6. The Labute approximate surface area is 112 Å². The molecule has 5 heteroatoms. The van der Waals surface area contributed by atoms with Gasteiger partial charge in [-0.1, -0.05) is 27.5 Å². The molecule has 2 aromatic rings. The largest absolute Gasteiger partial charge is 0.477 e. The van der Waals surface area contributed by atoms with Crippen LogP contribution in [0.2, 0.25) is 5.02 Å². The Morgan fingerprint density at radius 3 is 2.71 bits per heavy atom. The number of benzene rings is 1. The van der Waals surface area contributed by atoms with Gasteiger partial charge in [-0.3, -0.25) is 0 Å². The molecule has 0 fully saturated rings. The maximum atomic E-state index is 11.1. The van der Waals surface area contributed by atoms with Crippen molar-refractivity contribution in [1.29, 1.82) is 0 Å². The molecule has 1 aromatic carbocycles. The van der Waals surface area contributed by atoms with E-state index >= 15 is 0 Å². The zero-order valence-corrected chi connectivity index (χ0v) is 11.3. The van der Waals surface area contributed by atoms with Crippen LogP contribution in [-0.2, 0) is 0 Å². The number of hydrogen-bond acceptors (Lipinski definition) is 1. The molecular formula is C12H9BrClNO2. The third-order valence-corrected chi connectivity index (χ3v) is 3.12. The minimum atomic E-state index is -1.00. The summed E-state index contributed by atoms with van der Waals surface area (Å²) in [6, 6.07) is 7.07. The predicted octanol–water partition coefficient (Wildman–Crippen LogP) is 3.90. The third-order valence-electron chi connectivity index (χ3n) is 2.42. The Balaban J connectivity index is 2.63. The molecular weight excluding hydrogens is 305 g/mol. The minimum Gasteiger partial charge on any atom is -0.477 e. The van der Waals surface area contributed by atoms with E-state index in [-0.39, 0.29) is 5.69 Å². The Bertz CT molecular complexity index is 592. The maximum Gasteiger partial charge on any atom is 0.352 e. The second-order valence-corrected chi connectivity index (χ2v) is 5.00. The Hall–Kier alpha value is -1.26. The average Bonchev–Trinajstić information content (AvgIpc) is 2.60. The van der Waals surface area contributed by atoms with Gasteiger partial charge in [-0.25, -0.2) is 4.79 Å². The summed E-state index contributed by atoms with van der Waals surface area (Å²) in [7, 11) is 0. The van der Waals surface area contributed by atoms with Crippen LogP contribution < -0.4 is 0 Å². The van der Waals surface area contributed by atoms with Gasteiger partial charge in [-0.2, -0.15) is 0 Å². The molecule has 0 aliphatic heterocycles. The molecule has 0 bridgehead atoms. The molecule has 1 heterocycles. The lowest BCUT2D eigenvalue weighted by molar-refractivity contribution is 0.0688. The molecule has 0 spiro atoms. The highest BCUT2D eigenvalue weighted by atomic mass is 79.9.